The standard InChI is InChI=1S/C81H157NO10/c1-3-5-7-9-11-13-15-44-47-51-55-59-63-67-74(84)73(72-91-81-80(89)79(88)78(87)75(71-83)92-81)82-76(85)68-64-60-56-52-48-45-42-40-38-36-34-32-30-28-26-24-22-20-18-17-19-21-23-25-27-29-31-33-35-37-39-41-43-46-50-54-58-62-66-70-90-77(86)69-65-61-57-53-49-16-14-12-10-8-6-4-2/h63,67,73-75,78-81,83-84,87-89H,3-62,64-66,68-72H2,1-2H3,(H,82,85)/b67-63+. The molecule has 11 heteroatoms. The maximum absolute atomic E-state index is 13.1. The van der Waals surface area contributed by atoms with Crippen LogP contribution >= 0.6 is 0 Å². The molecule has 0 aromatic heterocycles. The fourth-order valence-corrected chi connectivity index (χ4v) is 13.5. The van der Waals surface area contributed by atoms with E-state index in [1.54, 1.807) is 6.08 Å². The first-order valence-corrected chi connectivity index (χ1v) is 41.0. The smallest absolute Gasteiger partial charge is 0.305 e. The molecular weight excluding hydrogens is 1150 g/mol. The van der Waals surface area contributed by atoms with Crippen molar-refractivity contribution in [2.45, 2.75) is 474 Å². The number of unbranched alkanes of at least 4 members (excludes halogenated alkanes) is 60. The average molecular weight is 1310 g/mol. The topological polar surface area (TPSA) is 175 Å². The van der Waals surface area contributed by atoms with Crippen LogP contribution in [0.25, 0.3) is 0 Å². The molecule has 92 heavy (non-hydrogen) atoms. The molecule has 0 aliphatic carbocycles. The second kappa shape index (κ2) is 70.7. The zero-order chi connectivity index (χ0) is 66.5. The molecule has 7 atom stereocenters. The minimum Gasteiger partial charge on any atom is -0.466 e. The summed E-state index contributed by atoms with van der Waals surface area (Å²) in [6.45, 7) is 4.41. The van der Waals surface area contributed by atoms with Crippen molar-refractivity contribution in [1.82, 2.24) is 5.32 Å². The molecule has 0 saturated carbocycles. The van der Waals surface area contributed by atoms with Gasteiger partial charge in [-0.25, -0.2) is 0 Å². The lowest BCUT2D eigenvalue weighted by Gasteiger charge is -2.40. The van der Waals surface area contributed by atoms with E-state index in [0.29, 0.717) is 19.4 Å². The molecule has 1 aliphatic heterocycles. The first-order chi connectivity index (χ1) is 45.2. The Bertz CT molecular complexity index is 1530. The summed E-state index contributed by atoms with van der Waals surface area (Å²) in [5.41, 5.74) is 0. The highest BCUT2D eigenvalue weighted by atomic mass is 16.7. The third kappa shape index (κ3) is 58.5. The van der Waals surface area contributed by atoms with Gasteiger partial charge >= 0.3 is 5.97 Å². The predicted molar refractivity (Wildman–Crippen MR) is 389 cm³/mol. The molecule has 1 aliphatic rings. The van der Waals surface area contributed by atoms with E-state index < -0.39 is 49.5 Å². The summed E-state index contributed by atoms with van der Waals surface area (Å²) < 4.78 is 16.8. The number of nitrogens with one attached hydrogen (secondary N) is 1. The van der Waals surface area contributed by atoms with Crippen LogP contribution in [-0.2, 0) is 23.8 Å². The van der Waals surface area contributed by atoms with Crippen LogP contribution in [0.4, 0.5) is 0 Å². The summed E-state index contributed by atoms with van der Waals surface area (Å²) in [7, 11) is 0. The fraction of sp³-hybridized carbons (Fsp3) is 0.951. The van der Waals surface area contributed by atoms with Crippen molar-refractivity contribution in [3.63, 3.8) is 0 Å². The summed E-state index contributed by atoms with van der Waals surface area (Å²) in [6.07, 6.45) is 79.7. The van der Waals surface area contributed by atoms with Crippen molar-refractivity contribution in [1.29, 1.82) is 0 Å². The Kier molecular flexibility index (Phi) is 67.9. The number of ether oxygens (including phenoxy) is 3. The Labute approximate surface area is 569 Å². The monoisotopic (exact) mass is 1300 g/mol. The Morgan fingerprint density at radius 1 is 0.391 bits per heavy atom. The molecule has 1 amide bonds. The number of aliphatic hydroxyl groups is 5. The lowest BCUT2D eigenvalue weighted by atomic mass is 9.99. The van der Waals surface area contributed by atoms with Gasteiger partial charge in [-0.3, -0.25) is 9.59 Å². The molecule has 1 heterocycles. The van der Waals surface area contributed by atoms with Crippen LogP contribution in [0.5, 0.6) is 0 Å². The Morgan fingerprint density at radius 2 is 0.685 bits per heavy atom. The van der Waals surface area contributed by atoms with Crippen molar-refractivity contribution >= 4 is 11.9 Å². The van der Waals surface area contributed by atoms with Gasteiger partial charge in [-0.2, -0.15) is 0 Å². The highest BCUT2D eigenvalue weighted by molar-refractivity contribution is 5.76. The molecule has 0 aromatic rings. The first-order valence-electron chi connectivity index (χ1n) is 41.0. The maximum atomic E-state index is 13.1. The molecule has 0 radical (unpaired) electrons. The molecule has 11 nitrogen and oxygen atoms in total. The molecular formula is C81H157NO10. The average Bonchev–Trinajstić information content (AvgIpc) is 0.990. The van der Waals surface area contributed by atoms with Crippen LogP contribution in [0.3, 0.4) is 0 Å². The second-order valence-electron chi connectivity index (χ2n) is 28.8. The van der Waals surface area contributed by atoms with Crippen molar-refractivity contribution in [3.8, 4) is 0 Å². The van der Waals surface area contributed by atoms with Crippen LogP contribution in [0.2, 0.25) is 0 Å². The van der Waals surface area contributed by atoms with Gasteiger partial charge in [0.2, 0.25) is 5.91 Å². The summed E-state index contributed by atoms with van der Waals surface area (Å²) in [5.74, 6) is -0.152. The number of rotatable bonds is 74. The van der Waals surface area contributed by atoms with E-state index in [4.69, 9.17) is 14.2 Å². The summed E-state index contributed by atoms with van der Waals surface area (Å²) in [6, 6.07) is -0.804. The number of allylic oxidation sites excluding steroid dienone is 1. The van der Waals surface area contributed by atoms with E-state index in [1.807, 2.05) is 6.08 Å². The zero-order valence-electron chi connectivity index (χ0n) is 61.1. The largest absolute Gasteiger partial charge is 0.466 e. The van der Waals surface area contributed by atoms with Gasteiger partial charge in [0, 0.05) is 12.8 Å². The molecule has 0 aromatic carbocycles. The van der Waals surface area contributed by atoms with Crippen LogP contribution in [0.1, 0.15) is 431 Å². The van der Waals surface area contributed by atoms with Gasteiger partial charge in [-0.05, 0) is 32.1 Å². The van der Waals surface area contributed by atoms with Crippen LogP contribution < -0.4 is 5.32 Å². The van der Waals surface area contributed by atoms with Crippen molar-refractivity contribution in [2.75, 3.05) is 19.8 Å². The number of carbonyl (C=O) groups excluding carboxylic acids is 2. The maximum Gasteiger partial charge on any atom is 0.305 e. The minimum atomic E-state index is -1.57. The highest BCUT2D eigenvalue weighted by Crippen LogP contribution is 2.24. The van der Waals surface area contributed by atoms with Crippen LogP contribution in [-0.4, -0.2) is 100 Å². The third-order valence-corrected chi connectivity index (χ3v) is 19.9. The predicted octanol–water partition coefficient (Wildman–Crippen LogP) is 22.1. The normalized spacial score (nSPS) is 17.5. The zero-order valence-corrected chi connectivity index (χ0v) is 61.1. The number of carbonyl (C=O) groups is 2. The first kappa shape index (κ1) is 88.4. The lowest BCUT2D eigenvalue weighted by molar-refractivity contribution is -0.302. The van der Waals surface area contributed by atoms with Crippen molar-refractivity contribution < 1.29 is 49.3 Å². The minimum absolute atomic E-state index is 0.0201. The van der Waals surface area contributed by atoms with Gasteiger partial charge in [0.15, 0.2) is 6.29 Å². The van der Waals surface area contributed by atoms with Gasteiger partial charge in [-0.1, -0.05) is 398 Å². The number of hydrogen-bond donors (Lipinski definition) is 6. The van der Waals surface area contributed by atoms with Gasteiger partial charge in [0.05, 0.1) is 32.0 Å². The number of aliphatic hydroxyl groups excluding tert-OH is 5. The SMILES string of the molecule is CCCCCCCCCCCCC/C=C/C(O)C(COC1OC(CO)C(O)C(O)C1O)NC(=O)CCCCCCCCCCCCCCCCCCCCCCCCCCCCCCCCCCCCCCCCCOC(=O)CCCCCCCCCCCCCC. The van der Waals surface area contributed by atoms with E-state index >= 15 is 0 Å². The van der Waals surface area contributed by atoms with Gasteiger partial charge in [-0.15, -0.1) is 0 Å². The van der Waals surface area contributed by atoms with Gasteiger partial charge in [0.1, 0.15) is 24.4 Å². The van der Waals surface area contributed by atoms with Crippen LogP contribution in [0.15, 0.2) is 12.2 Å². The Morgan fingerprint density at radius 3 is 1.01 bits per heavy atom. The number of hydrogen-bond acceptors (Lipinski definition) is 10. The Balaban J connectivity index is 1.87. The number of amides is 1. The molecule has 546 valence electrons. The van der Waals surface area contributed by atoms with Gasteiger partial charge in [0.25, 0.3) is 0 Å². The molecule has 7 unspecified atom stereocenters. The molecule has 1 rings (SSSR count). The quantitative estimate of drug-likeness (QED) is 0.0195. The van der Waals surface area contributed by atoms with E-state index in [2.05, 4.69) is 19.2 Å². The van der Waals surface area contributed by atoms with E-state index in [9.17, 15) is 35.1 Å². The van der Waals surface area contributed by atoms with Crippen LogP contribution in [0, 0.1) is 0 Å². The van der Waals surface area contributed by atoms with Gasteiger partial charge < -0.3 is 45.1 Å². The van der Waals surface area contributed by atoms with E-state index in [-0.39, 0.29) is 18.5 Å². The molecule has 6 N–H and O–H groups in total. The Hall–Kier alpha value is -1.60. The summed E-state index contributed by atoms with van der Waals surface area (Å²) in [5, 5.41) is 54.6. The molecule has 0 bridgehead atoms. The van der Waals surface area contributed by atoms with E-state index in [0.717, 1.165) is 51.4 Å². The summed E-state index contributed by atoms with van der Waals surface area (Å²) in [4.78, 5) is 25.1. The molecule has 1 saturated heterocycles. The molecule has 1 fully saturated rings. The third-order valence-electron chi connectivity index (χ3n) is 19.9. The van der Waals surface area contributed by atoms with Crippen molar-refractivity contribution in [2.24, 2.45) is 0 Å². The highest BCUT2D eigenvalue weighted by Gasteiger charge is 2.44. The van der Waals surface area contributed by atoms with Crippen molar-refractivity contribution in [3.05, 3.63) is 12.2 Å². The van der Waals surface area contributed by atoms with E-state index in [1.165, 1.54) is 353 Å². The number of esters is 1. The summed E-state index contributed by atoms with van der Waals surface area (Å²) >= 11 is 0. The lowest BCUT2D eigenvalue weighted by Crippen LogP contribution is -2.60. The fourth-order valence-electron chi connectivity index (χ4n) is 13.5. The molecule has 0 spiro atoms. The second-order valence-corrected chi connectivity index (χ2v) is 28.8.